The van der Waals surface area contributed by atoms with Crippen LogP contribution in [0.15, 0.2) is 30.6 Å². The first-order chi connectivity index (χ1) is 7.67. The van der Waals surface area contributed by atoms with E-state index in [0.29, 0.717) is 11.4 Å². The summed E-state index contributed by atoms with van der Waals surface area (Å²) in [6, 6.07) is 3.44. The number of rotatable bonds is 2. The molecule has 0 bridgehead atoms. The van der Waals surface area contributed by atoms with Crippen LogP contribution in [0, 0.1) is 0 Å². The monoisotopic (exact) mass is 222 g/mol. The van der Waals surface area contributed by atoms with E-state index in [-0.39, 0.29) is 11.2 Å². The summed E-state index contributed by atoms with van der Waals surface area (Å²) in [6.45, 7) is 0. The second-order valence-electron chi connectivity index (χ2n) is 3.10. The standard InChI is InChI=1S/C10H10N2O4/c1-11-5-3-4-6(12-2)8-7(5)15-9(13)10(14)16-8/h3-4,11-12H,1-2H3. The fraction of sp³-hybridized carbons (Fsp3) is 0.200. The van der Waals surface area contributed by atoms with Crippen molar-refractivity contribution in [1.82, 2.24) is 0 Å². The van der Waals surface area contributed by atoms with Gasteiger partial charge in [0.1, 0.15) is 0 Å². The molecule has 0 amide bonds. The van der Waals surface area contributed by atoms with Crippen LogP contribution >= 0.6 is 0 Å². The predicted molar refractivity (Wildman–Crippen MR) is 60.1 cm³/mol. The fourth-order valence-corrected chi connectivity index (χ4v) is 1.43. The Morgan fingerprint density at radius 2 is 1.25 bits per heavy atom. The fourth-order valence-electron chi connectivity index (χ4n) is 1.43. The summed E-state index contributed by atoms with van der Waals surface area (Å²) in [7, 11) is 3.36. The first-order valence-corrected chi connectivity index (χ1v) is 4.64. The van der Waals surface area contributed by atoms with Crippen molar-refractivity contribution in [2.45, 2.75) is 0 Å². The molecule has 0 fully saturated rings. The molecule has 0 aliphatic heterocycles. The Morgan fingerprint density at radius 3 is 1.56 bits per heavy atom. The lowest BCUT2D eigenvalue weighted by Crippen LogP contribution is -2.21. The lowest BCUT2D eigenvalue weighted by atomic mass is 10.2. The molecule has 6 heteroatoms. The maximum atomic E-state index is 11.1. The van der Waals surface area contributed by atoms with E-state index >= 15 is 0 Å². The van der Waals surface area contributed by atoms with Gasteiger partial charge >= 0.3 is 11.3 Å². The van der Waals surface area contributed by atoms with Crippen LogP contribution in [0.5, 0.6) is 0 Å². The highest BCUT2D eigenvalue weighted by molar-refractivity contribution is 5.93. The summed E-state index contributed by atoms with van der Waals surface area (Å²) >= 11 is 0. The molecule has 6 nitrogen and oxygen atoms in total. The minimum Gasteiger partial charge on any atom is -0.412 e. The van der Waals surface area contributed by atoms with Gasteiger partial charge in [0.2, 0.25) is 0 Å². The molecule has 2 N–H and O–H groups in total. The molecule has 16 heavy (non-hydrogen) atoms. The predicted octanol–water partition coefficient (Wildman–Crippen LogP) is 0.830. The van der Waals surface area contributed by atoms with Gasteiger partial charge in [-0.1, -0.05) is 0 Å². The van der Waals surface area contributed by atoms with Gasteiger partial charge in [-0.2, -0.15) is 0 Å². The molecule has 1 heterocycles. The molecule has 0 spiro atoms. The summed E-state index contributed by atoms with van der Waals surface area (Å²) in [5, 5.41) is 5.69. The van der Waals surface area contributed by atoms with Crippen molar-refractivity contribution in [3.8, 4) is 0 Å². The van der Waals surface area contributed by atoms with Gasteiger partial charge in [0, 0.05) is 14.1 Å². The van der Waals surface area contributed by atoms with Gasteiger partial charge < -0.3 is 19.5 Å². The van der Waals surface area contributed by atoms with Crippen LogP contribution in [0.2, 0.25) is 0 Å². The van der Waals surface area contributed by atoms with Gasteiger partial charge in [0.25, 0.3) is 0 Å². The minimum atomic E-state index is -1.02. The molecular formula is C10H10N2O4. The summed E-state index contributed by atoms with van der Waals surface area (Å²) in [5.74, 6) is 0. The molecule has 0 radical (unpaired) electrons. The van der Waals surface area contributed by atoms with E-state index in [1.807, 2.05) is 0 Å². The van der Waals surface area contributed by atoms with Crippen LogP contribution in [-0.4, -0.2) is 14.1 Å². The molecule has 0 aliphatic rings. The van der Waals surface area contributed by atoms with Crippen molar-refractivity contribution in [2.75, 3.05) is 24.7 Å². The highest BCUT2D eigenvalue weighted by atomic mass is 16.5. The van der Waals surface area contributed by atoms with Crippen LogP contribution in [0.4, 0.5) is 11.4 Å². The van der Waals surface area contributed by atoms with Gasteiger partial charge in [0.05, 0.1) is 11.4 Å². The normalized spacial score (nSPS) is 10.4. The second kappa shape index (κ2) is 3.73. The molecule has 84 valence electrons. The first kappa shape index (κ1) is 10.3. The molecular weight excluding hydrogens is 212 g/mol. The Morgan fingerprint density at radius 1 is 0.875 bits per heavy atom. The average molecular weight is 222 g/mol. The molecule has 0 unspecified atom stereocenters. The van der Waals surface area contributed by atoms with Crippen LogP contribution in [-0.2, 0) is 0 Å². The SMILES string of the molecule is CNc1ccc(NC)c2oc(=O)c(=O)oc12. The van der Waals surface area contributed by atoms with Crippen molar-refractivity contribution in [3.63, 3.8) is 0 Å². The molecule has 2 rings (SSSR count). The highest BCUT2D eigenvalue weighted by Gasteiger charge is 2.12. The summed E-state index contributed by atoms with van der Waals surface area (Å²) < 4.78 is 9.79. The number of nitrogens with one attached hydrogen (secondary N) is 2. The number of anilines is 2. The largest absolute Gasteiger partial charge is 0.423 e. The Balaban J connectivity index is 2.96. The van der Waals surface area contributed by atoms with E-state index < -0.39 is 11.3 Å². The third-order valence-corrected chi connectivity index (χ3v) is 2.21. The lowest BCUT2D eigenvalue weighted by molar-refractivity contribution is 0.450. The number of hydrogen-bond acceptors (Lipinski definition) is 6. The number of benzene rings is 1. The first-order valence-electron chi connectivity index (χ1n) is 4.64. The van der Waals surface area contributed by atoms with Crippen LogP contribution in [0.3, 0.4) is 0 Å². The van der Waals surface area contributed by atoms with Gasteiger partial charge in [-0.3, -0.25) is 0 Å². The number of fused-ring (bicyclic) bond motifs is 1. The van der Waals surface area contributed by atoms with E-state index in [4.69, 9.17) is 8.83 Å². The topological polar surface area (TPSA) is 84.5 Å². The van der Waals surface area contributed by atoms with E-state index in [0.717, 1.165) is 0 Å². The van der Waals surface area contributed by atoms with Gasteiger partial charge in [-0.05, 0) is 12.1 Å². The summed E-state index contributed by atoms with van der Waals surface area (Å²) in [6.07, 6.45) is 0. The zero-order valence-corrected chi connectivity index (χ0v) is 8.79. The van der Waals surface area contributed by atoms with E-state index in [9.17, 15) is 9.59 Å². The Kier molecular flexibility index (Phi) is 2.40. The molecule has 0 saturated heterocycles. The highest BCUT2D eigenvalue weighted by Crippen LogP contribution is 2.27. The van der Waals surface area contributed by atoms with Gasteiger partial charge in [0.15, 0.2) is 11.2 Å². The lowest BCUT2D eigenvalue weighted by Gasteiger charge is -2.06. The third-order valence-electron chi connectivity index (χ3n) is 2.21. The molecule has 0 saturated carbocycles. The third kappa shape index (κ3) is 1.44. The van der Waals surface area contributed by atoms with E-state index in [1.165, 1.54) is 0 Å². The Bertz CT molecular complexity index is 585. The Labute approximate surface area is 89.9 Å². The van der Waals surface area contributed by atoms with Crippen LogP contribution in [0.1, 0.15) is 0 Å². The van der Waals surface area contributed by atoms with Crippen molar-refractivity contribution in [2.24, 2.45) is 0 Å². The molecule has 1 aromatic heterocycles. The van der Waals surface area contributed by atoms with Crippen molar-refractivity contribution < 1.29 is 8.83 Å². The zero-order chi connectivity index (χ0) is 11.7. The molecule has 0 aliphatic carbocycles. The molecule has 1 aromatic carbocycles. The maximum Gasteiger partial charge on any atom is 0.423 e. The molecule has 0 atom stereocenters. The van der Waals surface area contributed by atoms with Crippen LogP contribution in [0.25, 0.3) is 11.2 Å². The Hall–Kier alpha value is -2.24. The van der Waals surface area contributed by atoms with Gasteiger partial charge in [-0.25, -0.2) is 9.59 Å². The minimum absolute atomic E-state index is 0.221. The molecule has 2 aromatic rings. The quantitative estimate of drug-likeness (QED) is 0.732. The average Bonchev–Trinajstić information content (AvgIpc) is 2.29. The summed E-state index contributed by atoms with van der Waals surface area (Å²) in [4.78, 5) is 22.2. The number of hydrogen-bond donors (Lipinski definition) is 2. The van der Waals surface area contributed by atoms with E-state index in [2.05, 4.69) is 10.6 Å². The zero-order valence-electron chi connectivity index (χ0n) is 8.79. The second-order valence-corrected chi connectivity index (χ2v) is 3.10. The van der Waals surface area contributed by atoms with Crippen molar-refractivity contribution >= 4 is 22.5 Å². The van der Waals surface area contributed by atoms with Crippen molar-refractivity contribution in [1.29, 1.82) is 0 Å². The van der Waals surface area contributed by atoms with Gasteiger partial charge in [-0.15, -0.1) is 0 Å². The smallest absolute Gasteiger partial charge is 0.412 e. The van der Waals surface area contributed by atoms with Crippen molar-refractivity contribution in [3.05, 3.63) is 33.0 Å². The maximum absolute atomic E-state index is 11.1. The van der Waals surface area contributed by atoms with E-state index in [1.54, 1.807) is 26.2 Å². The van der Waals surface area contributed by atoms with Crippen LogP contribution < -0.4 is 21.9 Å². The summed E-state index contributed by atoms with van der Waals surface area (Å²) in [5.41, 5.74) is -0.433.